The van der Waals surface area contributed by atoms with Gasteiger partial charge >= 0.3 is 12.0 Å². The summed E-state index contributed by atoms with van der Waals surface area (Å²) in [6.45, 7) is 0. The Morgan fingerprint density at radius 2 is 1.83 bits per heavy atom. The Hall–Kier alpha value is -3.00. The van der Waals surface area contributed by atoms with Crippen molar-refractivity contribution in [3.63, 3.8) is 0 Å². The van der Waals surface area contributed by atoms with E-state index in [1.54, 1.807) is 17.4 Å². The highest BCUT2D eigenvalue weighted by Crippen LogP contribution is 2.22. The van der Waals surface area contributed by atoms with E-state index in [2.05, 4.69) is 10.3 Å². The zero-order chi connectivity index (χ0) is 17.3. The molecule has 0 spiro atoms. The molecule has 1 aromatic heterocycles. The van der Waals surface area contributed by atoms with E-state index >= 15 is 0 Å². The topological polar surface area (TPSA) is 84.2 Å². The Labute approximate surface area is 138 Å². The van der Waals surface area contributed by atoms with Gasteiger partial charge in [0.05, 0.1) is 0 Å². The lowest BCUT2D eigenvalue weighted by Gasteiger charge is -2.05. The maximum atomic E-state index is 13.5. The van der Waals surface area contributed by atoms with Crippen LogP contribution < -0.4 is 10.6 Å². The molecule has 0 atom stereocenters. The lowest BCUT2D eigenvalue weighted by Crippen LogP contribution is -2.35. The minimum Gasteiger partial charge on any atom is -0.423 e. The van der Waals surface area contributed by atoms with Crippen molar-refractivity contribution in [1.82, 2.24) is 10.3 Å². The average Bonchev–Trinajstić information content (AvgIpc) is 2.87. The third-order valence-electron chi connectivity index (χ3n) is 2.99. The first-order valence-corrected chi connectivity index (χ1v) is 6.94. The molecule has 3 amide bonds. The van der Waals surface area contributed by atoms with Crippen molar-refractivity contribution in [3.8, 4) is 0 Å². The average molecular weight is 352 g/mol. The van der Waals surface area contributed by atoms with E-state index in [0.717, 1.165) is 18.2 Å². The van der Waals surface area contributed by atoms with Crippen LogP contribution in [0.2, 0.25) is 5.02 Å². The molecule has 3 rings (SSSR count). The van der Waals surface area contributed by atoms with Crippen molar-refractivity contribution in [2.45, 2.75) is 0 Å². The molecule has 0 saturated heterocycles. The number of hydrogen-bond acceptors (Lipinski definition) is 4. The van der Waals surface area contributed by atoms with Gasteiger partial charge in [-0.1, -0.05) is 17.7 Å². The molecule has 1 heterocycles. The summed E-state index contributed by atoms with van der Waals surface area (Å²) in [6, 6.07) is 6.29. The van der Waals surface area contributed by atoms with Gasteiger partial charge in [0.2, 0.25) is 0 Å². The number of rotatable bonds is 2. The first-order valence-electron chi connectivity index (χ1n) is 6.56. The van der Waals surface area contributed by atoms with Crippen LogP contribution in [-0.2, 0) is 0 Å². The van der Waals surface area contributed by atoms with E-state index in [9.17, 15) is 18.4 Å². The van der Waals surface area contributed by atoms with Crippen molar-refractivity contribution in [1.29, 1.82) is 0 Å². The Morgan fingerprint density at radius 3 is 2.54 bits per heavy atom. The van der Waals surface area contributed by atoms with Gasteiger partial charge in [0.25, 0.3) is 5.91 Å². The molecule has 0 aliphatic carbocycles. The van der Waals surface area contributed by atoms with Crippen LogP contribution in [0, 0.1) is 11.6 Å². The summed E-state index contributed by atoms with van der Waals surface area (Å²) in [5.74, 6) is -3.41. The van der Waals surface area contributed by atoms with Gasteiger partial charge in [0, 0.05) is 5.02 Å². The minimum absolute atomic E-state index is 0.202. The number of imide groups is 1. The second-order valence-corrected chi connectivity index (χ2v) is 5.07. The van der Waals surface area contributed by atoms with Crippen LogP contribution >= 0.6 is 11.6 Å². The van der Waals surface area contributed by atoms with E-state index in [1.807, 2.05) is 0 Å². The summed E-state index contributed by atoms with van der Waals surface area (Å²) in [7, 11) is 0. The SMILES string of the molecule is O=C(NC(=O)c1c(F)cccc1F)Nc1nc2cc(Cl)ccc2o1. The number of halogens is 3. The molecular formula is C15H8ClF2N3O3. The third kappa shape index (κ3) is 3.18. The highest BCUT2D eigenvalue weighted by atomic mass is 35.5. The van der Waals surface area contributed by atoms with Gasteiger partial charge in [0.1, 0.15) is 22.7 Å². The standard InChI is InChI=1S/C15H8ClF2N3O3/c16-7-4-5-11-10(6-7)19-15(24-11)21-14(23)20-13(22)12-8(17)2-1-3-9(12)18/h1-6H,(H2,19,20,21,22,23). The van der Waals surface area contributed by atoms with E-state index in [4.69, 9.17) is 16.0 Å². The second-order valence-electron chi connectivity index (χ2n) is 4.64. The van der Waals surface area contributed by atoms with Gasteiger partial charge in [-0.25, -0.2) is 13.6 Å². The van der Waals surface area contributed by atoms with Crippen molar-refractivity contribution < 1.29 is 22.8 Å². The molecule has 2 N–H and O–H groups in total. The summed E-state index contributed by atoms with van der Waals surface area (Å²) in [6.07, 6.45) is 0. The number of hydrogen-bond donors (Lipinski definition) is 2. The molecule has 0 aliphatic rings. The number of fused-ring (bicyclic) bond motifs is 1. The van der Waals surface area contributed by atoms with Crippen LogP contribution in [-0.4, -0.2) is 16.9 Å². The molecule has 0 unspecified atom stereocenters. The van der Waals surface area contributed by atoms with Gasteiger partial charge < -0.3 is 4.42 Å². The van der Waals surface area contributed by atoms with E-state index < -0.39 is 29.1 Å². The first-order chi connectivity index (χ1) is 11.4. The molecule has 0 bridgehead atoms. The van der Waals surface area contributed by atoms with Gasteiger partial charge in [-0.15, -0.1) is 0 Å². The Balaban J connectivity index is 1.73. The summed E-state index contributed by atoms with van der Waals surface area (Å²) >= 11 is 5.80. The molecule has 24 heavy (non-hydrogen) atoms. The summed E-state index contributed by atoms with van der Waals surface area (Å²) in [5.41, 5.74) is -0.109. The number of amides is 3. The lowest BCUT2D eigenvalue weighted by atomic mass is 10.2. The number of anilines is 1. The number of carbonyl (C=O) groups is 2. The molecule has 3 aromatic rings. The monoisotopic (exact) mass is 351 g/mol. The number of nitrogens with one attached hydrogen (secondary N) is 2. The second kappa shape index (κ2) is 6.25. The van der Waals surface area contributed by atoms with Crippen LogP contribution in [0.1, 0.15) is 10.4 Å². The number of carbonyl (C=O) groups excluding carboxylic acids is 2. The van der Waals surface area contributed by atoms with Crippen molar-refractivity contribution in [3.05, 3.63) is 58.6 Å². The lowest BCUT2D eigenvalue weighted by molar-refractivity contribution is 0.0959. The molecule has 6 nitrogen and oxygen atoms in total. The Morgan fingerprint density at radius 1 is 1.12 bits per heavy atom. The Kier molecular flexibility index (Phi) is 4.13. The zero-order valence-electron chi connectivity index (χ0n) is 11.8. The summed E-state index contributed by atoms with van der Waals surface area (Å²) in [4.78, 5) is 27.5. The quantitative estimate of drug-likeness (QED) is 0.737. The summed E-state index contributed by atoms with van der Waals surface area (Å²) in [5, 5.41) is 4.37. The highest BCUT2D eigenvalue weighted by Gasteiger charge is 2.20. The van der Waals surface area contributed by atoms with Gasteiger partial charge in [0.15, 0.2) is 5.58 Å². The van der Waals surface area contributed by atoms with Crippen molar-refractivity contribution >= 4 is 40.7 Å². The van der Waals surface area contributed by atoms with Crippen molar-refractivity contribution in [2.75, 3.05) is 5.32 Å². The number of nitrogens with zero attached hydrogens (tertiary/aromatic N) is 1. The van der Waals surface area contributed by atoms with Crippen LogP contribution in [0.3, 0.4) is 0 Å². The summed E-state index contributed by atoms with van der Waals surface area (Å²) < 4.78 is 32.2. The molecule has 9 heteroatoms. The highest BCUT2D eigenvalue weighted by molar-refractivity contribution is 6.31. The fourth-order valence-electron chi connectivity index (χ4n) is 1.96. The predicted octanol–water partition coefficient (Wildman–Crippen LogP) is 3.72. The van der Waals surface area contributed by atoms with Crippen LogP contribution in [0.4, 0.5) is 19.6 Å². The number of benzene rings is 2. The van der Waals surface area contributed by atoms with Crippen LogP contribution in [0.5, 0.6) is 0 Å². The molecule has 122 valence electrons. The number of aromatic nitrogens is 1. The van der Waals surface area contributed by atoms with Crippen molar-refractivity contribution in [2.24, 2.45) is 0 Å². The smallest absolute Gasteiger partial charge is 0.329 e. The van der Waals surface area contributed by atoms with Crippen LogP contribution in [0.25, 0.3) is 11.1 Å². The predicted molar refractivity (Wildman–Crippen MR) is 81.9 cm³/mol. The van der Waals surface area contributed by atoms with Gasteiger partial charge in [-0.3, -0.25) is 15.4 Å². The number of urea groups is 1. The zero-order valence-corrected chi connectivity index (χ0v) is 12.5. The van der Waals surface area contributed by atoms with Crippen LogP contribution in [0.15, 0.2) is 40.8 Å². The largest absolute Gasteiger partial charge is 0.423 e. The van der Waals surface area contributed by atoms with Gasteiger partial charge in [-0.05, 0) is 30.3 Å². The fraction of sp³-hybridized carbons (Fsp3) is 0. The fourth-order valence-corrected chi connectivity index (χ4v) is 2.13. The molecule has 0 radical (unpaired) electrons. The normalized spacial score (nSPS) is 10.6. The third-order valence-corrected chi connectivity index (χ3v) is 3.22. The van der Waals surface area contributed by atoms with E-state index in [1.165, 1.54) is 6.07 Å². The molecule has 2 aromatic carbocycles. The molecule has 0 aliphatic heterocycles. The maximum Gasteiger partial charge on any atom is 0.329 e. The number of oxazole rings is 1. The molecular weight excluding hydrogens is 344 g/mol. The Bertz CT molecular complexity index is 938. The van der Waals surface area contributed by atoms with E-state index in [-0.39, 0.29) is 6.01 Å². The first kappa shape index (κ1) is 15.9. The maximum absolute atomic E-state index is 13.5. The van der Waals surface area contributed by atoms with E-state index in [0.29, 0.717) is 16.1 Å². The molecule has 0 saturated carbocycles. The molecule has 0 fully saturated rings. The minimum atomic E-state index is -1.23. The van der Waals surface area contributed by atoms with Gasteiger partial charge in [-0.2, -0.15) is 4.98 Å².